The number of amides is 1. The Labute approximate surface area is 207 Å². The highest BCUT2D eigenvalue weighted by Crippen LogP contribution is 2.37. The molecule has 6 nitrogen and oxygen atoms in total. The third-order valence-corrected chi connectivity index (χ3v) is 4.90. The number of benzene rings is 2. The number of Topliss-reactive ketones (excluding diaryl/α,β-unsaturated/α-hetero) is 1. The van der Waals surface area contributed by atoms with Crippen molar-refractivity contribution in [1.29, 1.82) is 5.26 Å². The van der Waals surface area contributed by atoms with Crippen molar-refractivity contribution >= 4 is 23.1 Å². The van der Waals surface area contributed by atoms with Gasteiger partial charge in [0.05, 0.1) is 22.4 Å². The van der Waals surface area contributed by atoms with Crippen LogP contribution >= 0.6 is 0 Å². The van der Waals surface area contributed by atoms with E-state index in [1.54, 1.807) is 24.3 Å². The van der Waals surface area contributed by atoms with Crippen LogP contribution in [0.5, 0.6) is 0 Å². The Hall–Kier alpha value is -3.79. The number of hydrazone groups is 1. The molecule has 0 saturated carbocycles. The lowest BCUT2D eigenvalue weighted by Crippen LogP contribution is -2.37. The number of carbonyl (C=O) groups is 2. The summed E-state index contributed by atoms with van der Waals surface area (Å²) >= 11 is 0. The number of ketones is 1. The van der Waals surface area contributed by atoms with Crippen molar-refractivity contribution < 1.29 is 45.4 Å². The molecule has 13 heteroatoms. The van der Waals surface area contributed by atoms with Crippen LogP contribution in [0.4, 0.5) is 36.4 Å². The summed E-state index contributed by atoms with van der Waals surface area (Å²) in [6, 6.07) is 9.47. The van der Waals surface area contributed by atoms with Crippen LogP contribution in [-0.2, 0) is 4.79 Å². The van der Waals surface area contributed by atoms with Crippen molar-refractivity contribution in [2.75, 3.05) is 12.1 Å². The summed E-state index contributed by atoms with van der Waals surface area (Å²) in [6.07, 6.45) is -9.44. The molecule has 1 N–H and O–H groups in total. The molecule has 0 aromatic heterocycles. The van der Waals surface area contributed by atoms with Crippen molar-refractivity contribution in [2.24, 2.45) is 11.0 Å². The lowest BCUT2D eigenvalue weighted by molar-refractivity contribution is -0.119. The molecule has 0 fully saturated rings. The first-order valence-corrected chi connectivity index (χ1v) is 10.7. The normalized spacial score (nSPS) is 14.8. The second-order valence-electron chi connectivity index (χ2n) is 6.91. The van der Waals surface area contributed by atoms with E-state index in [4.69, 9.17) is 5.11 Å². The van der Waals surface area contributed by atoms with Gasteiger partial charge in [0.2, 0.25) is 5.91 Å². The molecule has 1 atom stereocenters. The molecular formula is C24H22F7N3O3. The molecule has 0 aliphatic carbocycles. The first-order valence-electron chi connectivity index (χ1n) is 10.7. The Bertz CT molecular complexity index is 1150. The van der Waals surface area contributed by atoms with E-state index in [1.165, 1.54) is 12.1 Å². The van der Waals surface area contributed by atoms with Gasteiger partial charge in [0.25, 0.3) is 12.9 Å². The standard InChI is InChI=1S/C21H12F7N3O2.C2H6.CH4O/c22-17-14(18(23)16(21(27)28)19(24)15(17)20(25)26)12(32)6-9-7-13(33)31(30-11(9)8-29)10-4-2-1-3-5-10;2*1-2/h1-5,9,20-21H,6-7H2;1-2H3;2H,1H3. The minimum Gasteiger partial charge on any atom is -0.400 e. The van der Waals surface area contributed by atoms with E-state index >= 15 is 0 Å². The van der Waals surface area contributed by atoms with Gasteiger partial charge in [-0.15, -0.1) is 0 Å². The van der Waals surface area contributed by atoms with Gasteiger partial charge in [-0.1, -0.05) is 32.0 Å². The lowest BCUT2D eigenvalue weighted by atomic mass is 9.88. The van der Waals surface area contributed by atoms with E-state index in [-0.39, 0.29) is 0 Å². The number of halogens is 7. The van der Waals surface area contributed by atoms with Crippen molar-refractivity contribution in [3.8, 4) is 6.07 Å². The van der Waals surface area contributed by atoms with Crippen molar-refractivity contribution in [3.05, 3.63) is 64.5 Å². The number of hydrogen-bond acceptors (Lipinski definition) is 5. The second kappa shape index (κ2) is 14.1. The number of rotatable bonds is 6. The van der Waals surface area contributed by atoms with Crippen molar-refractivity contribution in [1.82, 2.24) is 0 Å². The number of anilines is 1. The summed E-state index contributed by atoms with van der Waals surface area (Å²) < 4.78 is 95.0. The average Bonchev–Trinajstić information content (AvgIpc) is 2.86. The summed E-state index contributed by atoms with van der Waals surface area (Å²) in [7, 11) is 1.00. The molecule has 0 bridgehead atoms. The van der Waals surface area contributed by atoms with Gasteiger partial charge in [-0.2, -0.15) is 15.4 Å². The summed E-state index contributed by atoms with van der Waals surface area (Å²) in [5.74, 6) is -10.8. The van der Waals surface area contributed by atoms with Gasteiger partial charge in [-0.3, -0.25) is 9.59 Å². The van der Waals surface area contributed by atoms with E-state index < -0.39 is 83.2 Å². The van der Waals surface area contributed by atoms with Crippen LogP contribution in [0.15, 0.2) is 35.4 Å². The SMILES string of the molecule is CC.CO.N#CC1=NN(c2ccccc2)C(=O)CC1CC(=O)c1c(F)c(C(F)F)c(F)c(C(F)F)c1F. The highest BCUT2D eigenvalue weighted by atomic mass is 19.3. The van der Waals surface area contributed by atoms with Crippen molar-refractivity contribution in [3.63, 3.8) is 0 Å². The first-order chi connectivity index (χ1) is 17.6. The fourth-order valence-corrected chi connectivity index (χ4v) is 3.35. The van der Waals surface area contributed by atoms with E-state index in [9.17, 15) is 45.6 Å². The molecular weight excluding hydrogens is 511 g/mol. The summed E-state index contributed by atoms with van der Waals surface area (Å²) in [5.41, 5.74) is -6.23. The molecule has 0 radical (unpaired) electrons. The fourth-order valence-electron chi connectivity index (χ4n) is 3.35. The zero-order valence-corrected chi connectivity index (χ0v) is 19.8. The van der Waals surface area contributed by atoms with Crippen molar-refractivity contribution in [2.45, 2.75) is 39.5 Å². The molecule has 1 amide bonds. The number of nitriles is 1. The van der Waals surface area contributed by atoms with Gasteiger partial charge in [0.15, 0.2) is 5.78 Å². The minimum absolute atomic E-state index is 0.291. The van der Waals surface area contributed by atoms with Crippen LogP contribution in [0, 0.1) is 34.7 Å². The monoisotopic (exact) mass is 533 g/mol. The van der Waals surface area contributed by atoms with Crippen LogP contribution in [0.1, 0.15) is 61.0 Å². The Balaban J connectivity index is 0.00000163. The summed E-state index contributed by atoms with van der Waals surface area (Å²) in [4.78, 5) is 25.0. The number of alkyl halides is 4. The van der Waals surface area contributed by atoms with Gasteiger partial charge in [-0.25, -0.2) is 30.7 Å². The van der Waals surface area contributed by atoms with E-state index in [1.807, 2.05) is 13.8 Å². The van der Waals surface area contributed by atoms with Gasteiger partial charge in [0, 0.05) is 25.9 Å². The third kappa shape index (κ3) is 6.71. The Morgan fingerprint density at radius 1 is 1.03 bits per heavy atom. The second-order valence-corrected chi connectivity index (χ2v) is 6.91. The molecule has 1 unspecified atom stereocenters. The van der Waals surface area contributed by atoms with Crippen LogP contribution < -0.4 is 5.01 Å². The Morgan fingerprint density at radius 3 is 1.95 bits per heavy atom. The number of para-hydroxylation sites is 1. The zero-order chi connectivity index (χ0) is 28.4. The number of hydrogen-bond donors (Lipinski definition) is 1. The van der Waals surface area contributed by atoms with Gasteiger partial charge in [0.1, 0.15) is 29.2 Å². The number of aliphatic hydroxyl groups is 1. The van der Waals surface area contributed by atoms with Crippen LogP contribution in [0.3, 0.4) is 0 Å². The topological polar surface area (TPSA) is 93.8 Å². The molecule has 2 aromatic rings. The predicted octanol–water partition coefficient (Wildman–Crippen LogP) is 6.12. The van der Waals surface area contributed by atoms with Gasteiger partial charge in [-0.05, 0) is 12.1 Å². The third-order valence-electron chi connectivity index (χ3n) is 4.90. The highest BCUT2D eigenvalue weighted by molar-refractivity contribution is 6.11. The molecule has 2 aromatic carbocycles. The lowest BCUT2D eigenvalue weighted by Gasteiger charge is -2.26. The summed E-state index contributed by atoms with van der Waals surface area (Å²) in [6.45, 7) is 4.00. The van der Waals surface area contributed by atoms with E-state index in [0.717, 1.165) is 12.1 Å². The fraction of sp³-hybridized carbons (Fsp3) is 0.333. The largest absolute Gasteiger partial charge is 0.400 e. The Morgan fingerprint density at radius 2 is 1.51 bits per heavy atom. The van der Waals surface area contributed by atoms with Crippen LogP contribution in [0.2, 0.25) is 0 Å². The maximum absolute atomic E-state index is 14.4. The minimum atomic E-state index is -3.96. The molecule has 0 spiro atoms. The molecule has 1 heterocycles. The highest BCUT2D eigenvalue weighted by Gasteiger charge is 2.38. The summed E-state index contributed by atoms with van der Waals surface area (Å²) in [5, 5.41) is 21.1. The number of nitrogens with zero attached hydrogens (tertiary/aromatic N) is 3. The number of aliphatic hydroxyl groups excluding tert-OH is 1. The molecule has 37 heavy (non-hydrogen) atoms. The zero-order valence-electron chi connectivity index (χ0n) is 19.8. The molecule has 200 valence electrons. The number of carbonyl (C=O) groups excluding carboxylic acids is 2. The van der Waals surface area contributed by atoms with Gasteiger partial charge < -0.3 is 5.11 Å². The predicted molar refractivity (Wildman–Crippen MR) is 120 cm³/mol. The maximum Gasteiger partial charge on any atom is 0.269 e. The molecule has 1 aliphatic rings. The van der Waals surface area contributed by atoms with E-state index in [0.29, 0.717) is 5.69 Å². The smallest absolute Gasteiger partial charge is 0.269 e. The molecule has 0 saturated heterocycles. The first kappa shape index (κ1) is 31.2. The molecule has 1 aliphatic heterocycles. The van der Waals surface area contributed by atoms with Crippen LogP contribution in [-0.4, -0.2) is 29.6 Å². The quantitative estimate of drug-likeness (QED) is 0.358. The van der Waals surface area contributed by atoms with E-state index in [2.05, 4.69) is 5.10 Å². The molecule has 3 rings (SSSR count). The van der Waals surface area contributed by atoms with Gasteiger partial charge >= 0.3 is 0 Å². The van der Waals surface area contributed by atoms with Crippen LogP contribution in [0.25, 0.3) is 0 Å². The Kier molecular flexibility index (Phi) is 11.9. The maximum atomic E-state index is 14.4. The average molecular weight is 533 g/mol.